The number of fused-ring (bicyclic) bond motifs is 1. The normalized spacial score (nSPS) is 33.3. The lowest BCUT2D eigenvalue weighted by molar-refractivity contribution is -0.230. The van der Waals surface area contributed by atoms with Gasteiger partial charge in [0.25, 0.3) is 5.91 Å². The molecular weight excluding hydrogens is 339 g/mol. The van der Waals surface area contributed by atoms with E-state index >= 15 is 0 Å². The van der Waals surface area contributed by atoms with Crippen LogP contribution in [-0.2, 0) is 9.47 Å². The summed E-state index contributed by atoms with van der Waals surface area (Å²) in [6.07, 6.45) is 0. The van der Waals surface area contributed by atoms with Gasteiger partial charge < -0.3 is 15.2 Å². The predicted molar refractivity (Wildman–Crippen MR) is 83.7 cm³/mol. The fourth-order valence-electron chi connectivity index (χ4n) is 3.72. The number of nitrogens with two attached hydrogens (primary N) is 1. The number of hydrogen-bond acceptors (Lipinski definition) is 6. The van der Waals surface area contributed by atoms with E-state index in [1.165, 1.54) is 14.2 Å². The molecule has 0 saturated heterocycles. The molecule has 1 heterocycles. The van der Waals surface area contributed by atoms with Crippen LogP contribution in [0.1, 0.15) is 11.5 Å². The van der Waals surface area contributed by atoms with E-state index in [1.807, 2.05) is 0 Å². The number of halogens is 2. The number of aliphatic imine (C=N–C) groups is 1. The molecule has 1 fully saturated rings. The molecular formula is C15H12Cl2N4O2. The van der Waals surface area contributed by atoms with Crippen LogP contribution in [0.2, 0.25) is 10.0 Å². The van der Waals surface area contributed by atoms with Crippen molar-refractivity contribution in [2.45, 2.75) is 11.8 Å². The summed E-state index contributed by atoms with van der Waals surface area (Å²) in [5.74, 6) is -2.29. The van der Waals surface area contributed by atoms with Crippen molar-refractivity contribution in [2.24, 2.45) is 21.6 Å². The van der Waals surface area contributed by atoms with Crippen molar-refractivity contribution >= 4 is 29.0 Å². The summed E-state index contributed by atoms with van der Waals surface area (Å²) in [5, 5.41) is 20.5. The van der Waals surface area contributed by atoms with Crippen molar-refractivity contribution in [2.75, 3.05) is 14.2 Å². The molecule has 1 aliphatic heterocycles. The fourth-order valence-corrected chi connectivity index (χ4v) is 4.24. The highest BCUT2D eigenvalue weighted by atomic mass is 35.5. The third-order valence-corrected chi connectivity index (χ3v) is 5.32. The Labute approximate surface area is 143 Å². The lowest BCUT2D eigenvalue weighted by Crippen LogP contribution is -2.41. The second-order valence-corrected chi connectivity index (χ2v) is 6.27. The largest absolute Gasteiger partial charge is 0.386 e. The first kappa shape index (κ1) is 16.0. The maximum absolute atomic E-state index is 9.90. The highest BCUT2D eigenvalue weighted by Gasteiger charge is 2.93. The Morgan fingerprint density at radius 1 is 1.22 bits per heavy atom. The molecule has 118 valence electrons. The highest BCUT2D eigenvalue weighted by Crippen LogP contribution is 2.82. The van der Waals surface area contributed by atoms with Gasteiger partial charge in [-0.1, -0.05) is 29.3 Å². The number of amidine groups is 1. The SMILES string of the molecule is COC1(OC)N=C(N)[C@]2(C#N)[C@H](c3ccc(Cl)cc3Cl)[C@@]12C#N. The lowest BCUT2D eigenvalue weighted by Gasteiger charge is -2.29. The number of ether oxygens (including phenoxy) is 2. The Morgan fingerprint density at radius 2 is 1.87 bits per heavy atom. The number of rotatable bonds is 3. The minimum Gasteiger partial charge on any atom is -0.386 e. The third kappa shape index (κ3) is 1.52. The Bertz CT molecular complexity index is 809. The minimum atomic E-state index is -1.66. The van der Waals surface area contributed by atoms with Crippen LogP contribution < -0.4 is 5.73 Å². The molecule has 0 amide bonds. The van der Waals surface area contributed by atoms with E-state index in [9.17, 15) is 10.5 Å². The van der Waals surface area contributed by atoms with Crippen LogP contribution >= 0.6 is 23.2 Å². The monoisotopic (exact) mass is 350 g/mol. The summed E-state index contributed by atoms with van der Waals surface area (Å²) in [6, 6.07) is 9.17. The predicted octanol–water partition coefficient (Wildman–Crippen LogP) is 2.43. The highest BCUT2D eigenvalue weighted by molar-refractivity contribution is 6.35. The smallest absolute Gasteiger partial charge is 0.292 e. The first-order valence-corrected chi connectivity index (χ1v) is 7.40. The molecule has 0 aromatic heterocycles. The summed E-state index contributed by atoms with van der Waals surface area (Å²) in [5.41, 5.74) is 3.81. The molecule has 1 aliphatic carbocycles. The molecule has 2 N–H and O–H groups in total. The molecule has 0 bridgehead atoms. The van der Waals surface area contributed by atoms with Gasteiger partial charge in [-0.2, -0.15) is 10.5 Å². The molecule has 1 saturated carbocycles. The van der Waals surface area contributed by atoms with Crippen LogP contribution in [0.15, 0.2) is 23.2 Å². The van der Waals surface area contributed by atoms with Gasteiger partial charge in [-0.15, -0.1) is 0 Å². The Hall–Kier alpha value is -1.83. The zero-order valence-corrected chi connectivity index (χ0v) is 13.8. The van der Waals surface area contributed by atoms with Crippen molar-refractivity contribution in [3.8, 4) is 12.1 Å². The second-order valence-electron chi connectivity index (χ2n) is 5.43. The summed E-state index contributed by atoms with van der Waals surface area (Å²) in [4.78, 5) is 4.13. The number of methoxy groups -OCH3 is 2. The van der Waals surface area contributed by atoms with E-state index in [-0.39, 0.29) is 5.84 Å². The van der Waals surface area contributed by atoms with Gasteiger partial charge >= 0.3 is 0 Å². The van der Waals surface area contributed by atoms with E-state index in [2.05, 4.69) is 17.1 Å². The van der Waals surface area contributed by atoms with Crippen LogP contribution in [0.25, 0.3) is 0 Å². The van der Waals surface area contributed by atoms with Gasteiger partial charge in [0.15, 0.2) is 5.41 Å². The van der Waals surface area contributed by atoms with Crippen LogP contribution in [0.5, 0.6) is 0 Å². The van der Waals surface area contributed by atoms with Gasteiger partial charge in [0.05, 0.1) is 12.1 Å². The molecule has 1 aromatic carbocycles. The van der Waals surface area contributed by atoms with E-state index in [4.69, 9.17) is 38.4 Å². The number of nitriles is 2. The van der Waals surface area contributed by atoms with E-state index < -0.39 is 22.7 Å². The van der Waals surface area contributed by atoms with Crippen LogP contribution in [-0.4, -0.2) is 26.0 Å². The molecule has 3 atom stereocenters. The summed E-state index contributed by atoms with van der Waals surface area (Å²) >= 11 is 12.2. The van der Waals surface area contributed by atoms with Crippen molar-refractivity contribution in [1.82, 2.24) is 0 Å². The molecule has 8 heteroatoms. The summed E-state index contributed by atoms with van der Waals surface area (Å²) in [6.45, 7) is 0. The Balaban J connectivity index is 2.28. The average molecular weight is 351 g/mol. The minimum absolute atomic E-state index is 0.00117. The quantitative estimate of drug-likeness (QED) is 0.842. The topological polar surface area (TPSA) is 104 Å². The summed E-state index contributed by atoms with van der Waals surface area (Å²) in [7, 11) is 2.71. The molecule has 2 aliphatic rings. The van der Waals surface area contributed by atoms with Gasteiger partial charge in [-0.3, -0.25) is 0 Å². The van der Waals surface area contributed by atoms with Crippen LogP contribution in [0.3, 0.4) is 0 Å². The van der Waals surface area contributed by atoms with Crippen LogP contribution in [0.4, 0.5) is 0 Å². The number of nitrogens with zero attached hydrogens (tertiary/aromatic N) is 3. The lowest BCUT2D eigenvalue weighted by atomic mass is 9.93. The zero-order valence-electron chi connectivity index (χ0n) is 12.3. The maximum atomic E-state index is 9.90. The molecule has 0 unspecified atom stereocenters. The third-order valence-electron chi connectivity index (χ3n) is 4.75. The molecule has 23 heavy (non-hydrogen) atoms. The van der Waals surface area contributed by atoms with E-state index in [0.717, 1.165) is 0 Å². The average Bonchev–Trinajstić information content (AvgIpc) is 3.10. The molecule has 0 spiro atoms. The standard InChI is InChI=1S/C15H12Cl2N4O2/c1-22-15(23-2)14(7-19)11(13(14,6-18)12(20)21-15)9-4-3-8(16)5-10(9)17/h3-5,11H,1-2H3,(H2,20,21)/t11-,13-,14+/m0/s1. The first-order valence-electron chi connectivity index (χ1n) is 6.64. The van der Waals surface area contributed by atoms with Crippen molar-refractivity contribution in [1.29, 1.82) is 10.5 Å². The van der Waals surface area contributed by atoms with Crippen LogP contribution in [0, 0.1) is 33.5 Å². The van der Waals surface area contributed by atoms with E-state index in [1.54, 1.807) is 18.2 Å². The maximum Gasteiger partial charge on any atom is 0.292 e. The molecule has 3 rings (SSSR count). The number of benzene rings is 1. The second kappa shape index (κ2) is 4.83. The summed E-state index contributed by atoms with van der Waals surface area (Å²) < 4.78 is 10.8. The number of hydrogen-bond donors (Lipinski definition) is 1. The Kier molecular flexibility index (Phi) is 3.37. The zero-order chi connectivity index (χ0) is 17.0. The van der Waals surface area contributed by atoms with Crippen molar-refractivity contribution < 1.29 is 9.47 Å². The van der Waals surface area contributed by atoms with Crippen molar-refractivity contribution in [3.05, 3.63) is 33.8 Å². The van der Waals surface area contributed by atoms with Gasteiger partial charge in [0, 0.05) is 30.2 Å². The molecule has 0 radical (unpaired) electrons. The van der Waals surface area contributed by atoms with Gasteiger partial charge in [-0.25, -0.2) is 4.99 Å². The van der Waals surface area contributed by atoms with Crippen molar-refractivity contribution in [3.63, 3.8) is 0 Å². The molecule has 6 nitrogen and oxygen atoms in total. The first-order chi connectivity index (χ1) is 10.9. The van der Waals surface area contributed by atoms with E-state index in [0.29, 0.717) is 15.6 Å². The van der Waals surface area contributed by atoms with Gasteiger partial charge in [0.1, 0.15) is 11.3 Å². The molecule has 1 aromatic rings. The fraction of sp³-hybridized carbons (Fsp3) is 0.400. The van der Waals surface area contributed by atoms with Gasteiger partial charge in [0.2, 0.25) is 0 Å². The Morgan fingerprint density at radius 3 is 2.35 bits per heavy atom. The van der Waals surface area contributed by atoms with Gasteiger partial charge in [-0.05, 0) is 17.7 Å².